The molecule has 0 fully saturated rings. The van der Waals surface area contributed by atoms with Crippen LogP contribution in [0.3, 0.4) is 0 Å². The highest BCUT2D eigenvalue weighted by Gasteiger charge is 2.29. The van der Waals surface area contributed by atoms with Gasteiger partial charge in [0, 0.05) is 4.90 Å². The van der Waals surface area contributed by atoms with Gasteiger partial charge >= 0.3 is 17.4 Å². The van der Waals surface area contributed by atoms with Crippen molar-refractivity contribution in [1.29, 1.82) is 0 Å². The zero-order chi connectivity index (χ0) is 19.2. The number of halogens is 3. The van der Waals surface area contributed by atoms with Crippen LogP contribution in [0.1, 0.15) is 20.9 Å². The summed E-state index contributed by atoms with van der Waals surface area (Å²) in [4.78, 5) is 34.6. The van der Waals surface area contributed by atoms with E-state index in [0.717, 1.165) is 24.3 Å². The molecule has 1 aromatic carbocycles. The molecule has 2 rings (SSSR count). The Labute approximate surface area is 148 Å². The number of alkyl halides is 3. The van der Waals surface area contributed by atoms with Crippen LogP contribution in [0.4, 0.5) is 13.2 Å². The summed E-state index contributed by atoms with van der Waals surface area (Å²) in [7, 11) is 0. The van der Waals surface area contributed by atoms with Crippen molar-refractivity contribution < 1.29 is 36.7 Å². The van der Waals surface area contributed by atoms with Crippen LogP contribution in [0, 0.1) is 0 Å². The summed E-state index contributed by atoms with van der Waals surface area (Å²) in [5.41, 5.74) is -0.401. The van der Waals surface area contributed by atoms with E-state index in [1.807, 2.05) is 10.9 Å². The van der Waals surface area contributed by atoms with Gasteiger partial charge in [0.25, 0.3) is 5.91 Å². The van der Waals surface area contributed by atoms with Crippen molar-refractivity contribution in [3.63, 3.8) is 0 Å². The van der Waals surface area contributed by atoms with E-state index >= 15 is 0 Å². The molecule has 0 bridgehead atoms. The van der Waals surface area contributed by atoms with Crippen LogP contribution < -0.4 is 10.9 Å². The van der Waals surface area contributed by atoms with Crippen LogP contribution in [-0.2, 0) is 9.53 Å². The highest BCUT2D eigenvalue weighted by molar-refractivity contribution is 8.00. The molecule has 7 nitrogen and oxygen atoms in total. The Balaban J connectivity index is 1.77. The minimum atomic E-state index is -4.43. The molecule has 2 N–H and O–H groups in total. The molecule has 2 aromatic rings. The maximum atomic E-state index is 12.2. The molecule has 0 radical (unpaired) electrons. The standard InChI is InChI=1S/C15H11F3N2O5S/c16-15(17,18)26-10-5-3-9(4-6-10)14(23)25-8-12(21)19-20-13(22)11-2-1-7-24-11/h1-7H,8H2,(H,19,21)(H,20,22). The summed E-state index contributed by atoms with van der Waals surface area (Å²) in [5.74, 6) is -2.45. The molecule has 0 spiro atoms. The van der Waals surface area contributed by atoms with E-state index in [1.54, 1.807) is 0 Å². The van der Waals surface area contributed by atoms with Gasteiger partial charge in [-0.15, -0.1) is 0 Å². The number of nitrogens with one attached hydrogen (secondary N) is 2. The monoisotopic (exact) mass is 388 g/mol. The number of hydrazine groups is 1. The van der Waals surface area contributed by atoms with Crippen molar-refractivity contribution in [2.75, 3.05) is 6.61 Å². The molecular weight excluding hydrogens is 377 g/mol. The van der Waals surface area contributed by atoms with Gasteiger partial charge in [-0.25, -0.2) is 4.79 Å². The topological polar surface area (TPSA) is 97.6 Å². The second-order valence-corrected chi connectivity index (χ2v) is 5.77. The molecule has 0 aliphatic rings. The minimum Gasteiger partial charge on any atom is -0.459 e. The molecule has 1 heterocycles. The van der Waals surface area contributed by atoms with Crippen molar-refractivity contribution >= 4 is 29.5 Å². The van der Waals surface area contributed by atoms with Gasteiger partial charge in [0.2, 0.25) is 0 Å². The summed E-state index contributed by atoms with van der Waals surface area (Å²) in [6.45, 7) is -0.698. The first-order valence-electron chi connectivity index (χ1n) is 6.90. The van der Waals surface area contributed by atoms with Crippen LogP contribution in [-0.4, -0.2) is 29.9 Å². The number of amides is 2. The normalized spacial score (nSPS) is 10.9. The van der Waals surface area contributed by atoms with Gasteiger partial charge in [0.1, 0.15) is 0 Å². The van der Waals surface area contributed by atoms with Gasteiger partial charge in [-0.05, 0) is 48.2 Å². The number of ether oxygens (including phenoxy) is 1. The fourth-order valence-electron chi connectivity index (χ4n) is 1.64. The molecule has 1 aromatic heterocycles. The van der Waals surface area contributed by atoms with Gasteiger partial charge in [-0.1, -0.05) is 0 Å². The first-order chi connectivity index (χ1) is 12.2. The number of furan rings is 1. The number of carbonyl (C=O) groups excluding carboxylic acids is 3. The molecule has 0 saturated heterocycles. The van der Waals surface area contributed by atoms with Gasteiger partial charge in [0.05, 0.1) is 11.8 Å². The van der Waals surface area contributed by atoms with Crippen molar-refractivity contribution in [1.82, 2.24) is 10.9 Å². The maximum Gasteiger partial charge on any atom is 0.446 e. The zero-order valence-corrected chi connectivity index (χ0v) is 13.6. The van der Waals surface area contributed by atoms with Gasteiger partial charge < -0.3 is 9.15 Å². The van der Waals surface area contributed by atoms with E-state index in [0.29, 0.717) is 0 Å². The number of rotatable bonds is 5. The van der Waals surface area contributed by atoms with Crippen LogP contribution in [0.25, 0.3) is 0 Å². The van der Waals surface area contributed by atoms with Gasteiger partial charge in [0.15, 0.2) is 12.4 Å². The number of hydrogen-bond donors (Lipinski definition) is 2. The Morgan fingerprint density at radius 2 is 1.77 bits per heavy atom. The summed E-state index contributed by atoms with van der Waals surface area (Å²) in [6, 6.07) is 7.37. The van der Waals surface area contributed by atoms with Crippen LogP contribution in [0.15, 0.2) is 52.0 Å². The Hall–Kier alpha value is -2.95. The second kappa shape index (κ2) is 8.43. The lowest BCUT2D eigenvalue weighted by molar-refractivity contribution is -0.125. The van der Waals surface area contributed by atoms with E-state index < -0.39 is 29.9 Å². The number of hydrogen-bond acceptors (Lipinski definition) is 6. The van der Waals surface area contributed by atoms with E-state index in [-0.39, 0.29) is 28.0 Å². The Kier molecular flexibility index (Phi) is 6.28. The maximum absolute atomic E-state index is 12.2. The van der Waals surface area contributed by atoms with Crippen molar-refractivity contribution in [3.05, 3.63) is 54.0 Å². The lowest BCUT2D eigenvalue weighted by Crippen LogP contribution is -2.43. The molecule has 0 atom stereocenters. The molecule has 26 heavy (non-hydrogen) atoms. The molecule has 2 amide bonds. The smallest absolute Gasteiger partial charge is 0.446 e. The lowest BCUT2D eigenvalue weighted by Gasteiger charge is -2.08. The summed E-state index contributed by atoms with van der Waals surface area (Å²) in [5, 5.41) is 0. The van der Waals surface area contributed by atoms with E-state index in [9.17, 15) is 27.6 Å². The van der Waals surface area contributed by atoms with Crippen molar-refractivity contribution in [2.45, 2.75) is 10.4 Å². The summed E-state index contributed by atoms with van der Waals surface area (Å²) < 4.78 is 46.2. The summed E-state index contributed by atoms with van der Waals surface area (Å²) in [6.07, 6.45) is 1.27. The number of thioether (sulfide) groups is 1. The second-order valence-electron chi connectivity index (χ2n) is 4.63. The Morgan fingerprint density at radius 1 is 1.08 bits per heavy atom. The predicted molar refractivity (Wildman–Crippen MR) is 83.0 cm³/mol. The van der Waals surface area contributed by atoms with Crippen molar-refractivity contribution in [2.24, 2.45) is 0 Å². The molecule has 0 unspecified atom stereocenters. The number of carbonyl (C=O) groups is 3. The van der Waals surface area contributed by atoms with Gasteiger partial charge in [-0.2, -0.15) is 13.2 Å². The zero-order valence-electron chi connectivity index (χ0n) is 12.8. The highest BCUT2D eigenvalue weighted by atomic mass is 32.2. The van der Waals surface area contributed by atoms with E-state index in [2.05, 4.69) is 0 Å². The van der Waals surface area contributed by atoms with Crippen molar-refractivity contribution in [3.8, 4) is 0 Å². The van der Waals surface area contributed by atoms with E-state index in [1.165, 1.54) is 18.4 Å². The Morgan fingerprint density at radius 3 is 2.35 bits per heavy atom. The predicted octanol–water partition coefficient (Wildman–Crippen LogP) is 2.51. The van der Waals surface area contributed by atoms with E-state index in [4.69, 9.17) is 9.15 Å². The third-order valence-electron chi connectivity index (χ3n) is 2.72. The highest BCUT2D eigenvalue weighted by Crippen LogP contribution is 2.36. The molecule has 138 valence electrons. The van der Waals surface area contributed by atoms with Crippen LogP contribution in [0.5, 0.6) is 0 Å². The lowest BCUT2D eigenvalue weighted by atomic mass is 10.2. The fraction of sp³-hybridized carbons (Fsp3) is 0.133. The first-order valence-corrected chi connectivity index (χ1v) is 7.72. The molecular formula is C15H11F3N2O5S. The fourth-order valence-corrected chi connectivity index (χ4v) is 2.18. The quantitative estimate of drug-likeness (QED) is 0.464. The molecule has 0 aliphatic heterocycles. The number of esters is 1. The SMILES string of the molecule is O=C(COC(=O)c1ccc(SC(F)(F)F)cc1)NNC(=O)c1ccco1. The minimum absolute atomic E-state index is 0.0241. The van der Waals surface area contributed by atoms with Crippen LogP contribution in [0.2, 0.25) is 0 Å². The summed E-state index contributed by atoms with van der Waals surface area (Å²) >= 11 is -0.317. The molecule has 0 aliphatic carbocycles. The Bertz CT molecular complexity index is 776. The first kappa shape index (κ1) is 19.4. The number of benzene rings is 1. The third kappa shape index (κ3) is 6.16. The average molecular weight is 388 g/mol. The average Bonchev–Trinajstić information content (AvgIpc) is 3.11. The largest absolute Gasteiger partial charge is 0.459 e. The molecule has 0 saturated carbocycles. The molecule has 11 heteroatoms. The third-order valence-corrected chi connectivity index (χ3v) is 3.46. The van der Waals surface area contributed by atoms with Gasteiger partial charge in [-0.3, -0.25) is 20.4 Å². The van der Waals surface area contributed by atoms with Crippen LogP contribution >= 0.6 is 11.8 Å².